The van der Waals surface area contributed by atoms with E-state index >= 15 is 0 Å². The van der Waals surface area contributed by atoms with E-state index in [2.05, 4.69) is 9.97 Å². The Morgan fingerprint density at radius 3 is 2.55 bits per heavy atom. The molecule has 4 rings (SSSR count). The molecule has 0 amide bonds. The van der Waals surface area contributed by atoms with Crippen molar-refractivity contribution < 1.29 is 5.11 Å². The minimum Gasteiger partial charge on any atom is -0.507 e. The summed E-state index contributed by atoms with van der Waals surface area (Å²) in [4.78, 5) is 8.77. The average Bonchev–Trinajstić information content (AvgIpc) is 2.92. The number of imidazole rings is 1. The van der Waals surface area contributed by atoms with E-state index in [1.54, 1.807) is 18.5 Å². The largest absolute Gasteiger partial charge is 0.507 e. The van der Waals surface area contributed by atoms with Crippen molar-refractivity contribution in [3.63, 3.8) is 0 Å². The lowest BCUT2D eigenvalue weighted by molar-refractivity contribution is 0.477. The monoisotopic (exact) mass is 261 g/mol. The zero-order chi connectivity index (χ0) is 13.5. The summed E-state index contributed by atoms with van der Waals surface area (Å²) in [5.41, 5.74) is 4.26. The summed E-state index contributed by atoms with van der Waals surface area (Å²) in [7, 11) is 0. The molecule has 0 atom stereocenters. The molecule has 0 aliphatic rings. The van der Waals surface area contributed by atoms with E-state index < -0.39 is 0 Å². The van der Waals surface area contributed by atoms with E-state index in [1.165, 1.54) is 0 Å². The van der Waals surface area contributed by atoms with Gasteiger partial charge >= 0.3 is 0 Å². The summed E-state index contributed by atoms with van der Waals surface area (Å²) < 4.78 is 2.01. The lowest BCUT2D eigenvalue weighted by Crippen LogP contribution is -1.93. The van der Waals surface area contributed by atoms with E-state index in [0.717, 1.165) is 27.9 Å². The van der Waals surface area contributed by atoms with Gasteiger partial charge in [-0.3, -0.25) is 9.38 Å². The number of aromatic hydroxyl groups is 1. The van der Waals surface area contributed by atoms with E-state index in [0.29, 0.717) is 0 Å². The molecule has 4 aromatic rings. The predicted octanol–water partition coefficient (Wildman–Crippen LogP) is 3.26. The maximum atomic E-state index is 10.1. The summed E-state index contributed by atoms with van der Waals surface area (Å²) in [6, 6.07) is 15.2. The van der Waals surface area contributed by atoms with Crippen molar-refractivity contribution in [1.29, 1.82) is 0 Å². The maximum Gasteiger partial charge on any atom is 0.156 e. The van der Waals surface area contributed by atoms with Crippen molar-refractivity contribution in [3.05, 3.63) is 60.9 Å². The lowest BCUT2D eigenvalue weighted by Gasteiger charge is -2.07. The molecule has 0 saturated heterocycles. The fourth-order valence-electron chi connectivity index (χ4n) is 2.48. The maximum absolute atomic E-state index is 10.1. The van der Waals surface area contributed by atoms with Gasteiger partial charge in [-0.25, -0.2) is 4.98 Å². The van der Waals surface area contributed by atoms with Crippen LogP contribution in [-0.2, 0) is 0 Å². The quantitative estimate of drug-likeness (QED) is 0.572. The van der Waals surface area contributed by atoms with Crippen LogP contribution in [0.1, 0.15) is 0 Å². The average molecular weight is 261 g/mol. The summed E-state index contributed by atoms with van der Waals surface area (Å²) >= 11 is 0. The molecule has 2 heterocycles. The molecule has 0 unspecified atom stereocenters. The predicted molar refractivity (Wildman–Crippen MR) is 77.6 cm³/mol. The number of fused-ring (bicyclic) bond motifs is 3. The zero-order valence-corrected chi connectivity index (χ0v) is 10.6. The Labute approximate surface area is 115 Å². The number of para-hydroxylation sites is 3. The number of nitrogens with zero attached hydrogens (tertiary/aromatic N) is 3. The van der Waals surface area contributed by atoms with E-state index in [1.807, 2.05) is 46.9 Å². The van der Waals surface area contributed by atoms with Gasteiger partial charge < -0.3 is 5.11 Å². The number of aromatic nitrogens is 3. The van der Waals surface area contributed by atoms with Gasteiger partial charge in [0.25, 0.3) is 0 Å². The topological polar surface area (TPSA) is 50.4 Å². The molecular weight excluding hydrogens is 250 g/mol. The molecule has 0 spiro atoms. The first-order valence-electron chi connectivity index (χ1n) is 6.34. The smallest absolute Gasteiger partial charge is 0.156 e. The van der Waals surface area contributed by atoms with Crippen molar-refractivity contribution in [2.45, 2.75) is 0 Å². The van der Waals surface area contributed by atoms with Gasteiger partial charge in [0.15, 0.2) is 5.65 Å². The molecule has 1 N–H and O–H groups in total. The third-order valence-electron chi connectivity index (χ3n) is 3.41. The van der Waals surface area contributed by atoms with Gasteiger partial charge in [-0.2, -0.15) is 0 Å². The van der Waals surface area contributed by atoms with Crippen LogP contribution in [0, 0.1) is 0 Å². The van der Waals surface area contributed by atoms with Crippen LogP contribution in [0.2, 0.25) is 0 Å². The van der Waals surface area contributed by atoms with E-state index in [4.69, 9.17) is 0 Å². The van der Waals surface area contributed by atoms with Crippen LogP contribution in [0.5, 0.6) is 5.75 Å². The van der Waals surface area contributed by atoms with Gasteiger partial charge in [0.1, 0.15) is 5.75 Å². The SMILES string of the molecule is Oc1ccccc1-c1cnc2cnc3ccccc3n12. The third kappa shape index (κ3) is 1.48. The Balaban J connectivity index is 2.16. The molecule has 0 fully saturated rings. The number of phenols is 1. The van der Waals surface area contributed by atoms with Crippen molar-refractivity contribution in [3.8, 4) is 17.0 Å². The number of rotatable bonds is 1. The second kappa shape index (κ2) is 4.06. The van der Waals surface area contributed by atoms with Gasteiger partial charge in [-0.15, -0.1) is 0 Å². The Bertz CT molecular complexity index is 927. The van der Waals surface area contributed by atoms with E-state index in [9.17, 15) is 5.11 Å². The van der Waals surface area contributed by atoms with Crippen molar-refractivity contribution in [1.82, 2.24) is 14.4 Å². The Hall–Kier alpha value is -2.88. The van der Waals surface area contributed by atoms with Crippen molar-refractivity contribution in [2.24, 2.45) is 0 Å². The molecule has 2 aromatic carbocycles. The fourth-order valence-corrected chi connectivity index (χ4v) is 2.48. The van der Waals surface area contributed by atoms with Gasteiger partial charge in [0, 0.05) is 5.56 Å². The first-order chi connectivity index (χ1) is 9.84. The van der Waals surface area contributed by atoms with Crippen LogP contribution in [0.3, 0.4) is 0 Å². The highest BCUT2D eigenvalue weighted by atomic mass is 16.3. The van der Waals surface area contributed by atoms with Crippen LogP contribution in [0.4, 0.5) is 0 Å². The lowest BCUT2D eigenvalue weighted by atomic mass is 10.1. The number of benzene rings is 2. The van der Waals surface area contributed by atoms with Crippen molar-refractivity contribution >= 4 is 16.7 Å². The summed E-state index contributed by atoms with van der Waals surface area (Å²) in [6.45, 7) is 0. The summed E-state index contributed by atoms with van der Waals surface area (Å²) in [5, 5.41) is 10.1. The van der Waals surface area contributed by atoms with Crippen LogP contribution < -0.4 is 0 Å². The highest BCUT2D eigenvalue weighted by Gasteiger charge is 2.11. The van der Waals surface area contributed by atoms with Gasteiger partial charge in [0.05, 0.1) is 29.1 Å². The normalized spacial score (nSPS) is 11.2. The molecule has 0 saturated carbocycles. The molecule has 0 aliphatic carbocycles. The Kier molecular flexibility index (Phi) is 2.23. The first kappa shape index (κ1) is 11.0. The second-order valence-electron chi connectivity index (χ2n) is 4.60. The second-order valence-corrected chi connectivity index (χ2v) is 4.60. The fraction of sp³-hybridized carbons (Fsp3) is 0. The van der Waals surface area contributed by atoms with Gasteiger partial charge in [0.2, 0.25) is 0 Å². The van der Waals surface area contributed by atoms with Gasteiger partial charge in [-0.05, 0) is 24.3 Å². The molecule has 0 aliphatic heterocycles. The standard InChI is InChI=1S/C16H11N3O/c20-15-8-4-1-5-11(15)14-9-18-16-10-17-12-6-2-3-7-13(12)19(14)16/h1-10,20H. The van der Waals surface area contributed by atoms with Gasteiger partial charge in [-0.1, -0.05) is 24.3 Å². The molecule has 0 radical (unpaired) electrons. The molecule has 4 heteroatoms. The van der Waals surface area contributed by atoms with Crippen LogP contribution in [0.25, 0.3) is 27.9 Å². The number of hydrogen-bond acceptors (Lipinski definition) is 3. The Morgan fingerprint density at radius 2 is 1.65 bits per heavy atom. The number of phenolic OH excluding ortho intramolecular Hbond substituents is 1. The van der Waals surface area contributed by atoms with Crippen LogP contribution >= 0.6 is 0 Å². The third-order valence-corrected chi connectivity index (χ3v) is 3.41. The molecular formula is C16H11N3O. The summed E-state index contributed by atoms with van der Waals surface area (Å²) in [5.74, 6) is 0.246. The van der Waals surface area contributed by atoms with Crippen LogP contribution in [0.15, 0.2) is 60.9 Å². The molecule has 2 aromatic heterocycles. The molecule has 4 nitrogen and oxygen atoms in total. The molecule has 96 valence electrons. The minimum absolute atomic E-state index is 0.246. The highest BCUT2D eigenvalue weighted by Crippen LogP contribution is 2.30. The molecule has 20 heavy (non-hydrogen) atoms. The highest BCUT2D eigenvalue weighted by molar-refractivity contribution is 5.82. The zero-order valence-electron chi connectivity index (χ0n) is 10.6. The Morgan fingerprint density at radius 1 is 0.850 bits per heavy atom. The number of hydrogen-bond donors (Lipinski definition) is 1. The summed E-state index contributed by atoms with van der Waals surface area (Å²) in [6.07, 6.45) is 3.50. The first-order valence-corrected chi connectivity index (χ1v) is 6.34. The minimum atomic E-state index is 0.246. The molecule has 0 bridgehead atoms. The van der Waals surface area contributed by atoms with E-state index in [-0.39, 0.29) is 5.75 Å². The van der Waals surface area contributed by atoms with Crippen molar-refractivity contribution in [2.75, 3.05) is 0 Å². The van der Waals surface area contributed by atoms with Crippen LogP contribution in [-0.4, -0.2) is 19.5 Å².